The predicted octanol–water partition coefficient (Wildman–Crippen LogP) is 2.36. The highest BCUT2D eigenvalue weighted by Crippen LogP contribution is 2.45. The van der Waals surface area contributed by atoms with Gasteiger partial charge in [0.25, 0.3) is 0 Å². The van der Waals surface area contributed by atoms with Crippen molar-refractivity contribution in [2.75, 3.05) is 27.1 Å². The van der Waals surface area contributed by atoms with Gasteiger partial charge < -0.3 is 19.9 Å². The molecule has 0 amide bonds. The van der Waals surface area contributed by atoms with Gasteiger partial charge >= 0.3 is 0 Å². The van der Waals surface area contributed by atoms with Crippen molar-refractivity contribution in [2.24, 2.45) is 0 Å². The highest BCUT2D eigenvalue weighted by Gasteiger charge is 2.18. The number of nitrogen functional groups attached to an aromatic ring is 1. The number of nitrogens with zero attached hydrogens (tertiary/aromatic N) is 1. The molecule has 0 atom stereocenters. The monoisotopic (exact) mass is 260 g/mol. The lowest BCUT2D eigenvalue weighted by Crippen LogP contribution is -1.98. The van der Waals surface area contributed by atoms with Gasteiger partial charge in [0.2, 0.25) is 5.75 Å². The molecule has 100 valence electrons. The molecule has 0 radical (unpaired) electrons. The Kier molecular flexibility index (Phi) is 3.75. The molecule has 0 saturated heterocycles. The maximum Gasteiger partial charge on any atom is 0.203 e. The Bertz CT molecular complexity index is 585. The van der Waals surface area contributed by atoms with E-state index >= 15 is 0 Å². The number of hydrogen-bond donors (Lipinski definition) is 1. The largest absolute Gasteiger partial charge is 0.493 e. The van der Waals surface area contributed by atoms with Gasteiger partial charge in [-0.3, -0.25) is 4.98 Å². The Morgan fingerprint density at radius 1 is 0.895 bits per heavy atom. The smallest absolute Gasteiger partial charge is 0.203 e. The topological polar surface area (TPSA) is 66.6 Å². The van der Waals surface area contributed by atoms with Gasteiger partial charge in [-0.05, 0) is 18.2 Å². The molecular weight excluding hydrogens is 244 g/mol. The van der Waals surface area contributed by atoms with E-state index in [0.717, 1.165) is 11.1 Å². The Hall–Kier alpha value is -2.43. The maximum atomic E-state index is 5.95. The number of nitrogens with two attached hydrogens (primary N) is 1. The molecule has 2 aromatic rings. The van der Waals surface area contributed by atoms with Gasteiger partial charge in [0.1, 0.15) is 0 Å². The molecule has 19 heavy (non-hydrogen) atoms. The van der Waals surface area contributed by atoms with Gasteiger partial charge in [0, 0.05) is 17.3 Å². The van der Waals surface area contributed by atoms with Gasteiger partial charge in [0.05, 0.1) is 33.2 Å². The fourth-order valence-electron chi connectivity index (χ4n) is 1.97. The van der Waals surface area contributed by atoms with Crippen LogP contribution in [0, 0.1) is 0 Å². The van der Waals surface area contributed by atoms with E-state index in [9.17, 15) is 0 Å². The third-order valence-electron chi connectivity index (χ3n) is 2.85. The Morgan fingerprint density at radius 3 is 2.21 bits per heavy atom. The van der Waals surface area contributed by atoms with Crippen LogP contribution in [0.2, 0.25) is 0 Å². The summed E-state index contributed by atoms with van der Waals surface area (Å²) in [4.78, 5) is 3.98. The molecular formula is C14H16N2O3. The van der Waals surface area contributed by atoms with E-state index < -0.39 is 0 Å². The van der Waals surface area contributed by atoms with Crippen LogP contribution in [-0.2, 0) is 0 Å². The number of pyridine rings is 1. The minimum absolute atomic E-state index is 0.540. The zero-order chi connectivity index (χ0) is 13.8. The molecule has 2 N–H and O–H groups in total. The molecule has 0 spiro atoms. The van der Waals surface area contributed by atoms with Gasteiger partial charge in [0.15, 0.2) is 11.5 Å². The summed E-state index contributed by atoms with van der Waals surface area (Å²) in [5, 5.41) is 0. The zero-order valence-corrected chi connectivity index (χ0v) is 11.1. The predicted molar refractivity (Wildman–Crippen MR) is 73.7 cm³/mol. The minimum Gasteiger partial charge on any atom is -0.493 e. The minimum atomic E-state index is 0.540. The molecule has 0 aliphatic rings. The SMILES string of the molecule is COc1ccc(-c2ccncc2N)c(OC)c1OC. The summed E-state index contributed by atoms with van der Waals surface area (Å²) in [6, 6.07) is 5.53. The van der Waals surface area contributed by atoms with Crippen LogP contribution in [0.4, 0.5) is 5.69 Å². The lowest BCUT2D eigenvalue weighted by atomic mass is 10.0. The maximum absolute atomic E-state index is 5.95. The summed E-state index contributed by atoms with van der Waals surface area (Å²) in [5.74, 6) is 1.73. The Morgan fingerprint density at radius 2 is 1.63 bits per heavy atom. The van der Waals surface area contributed by atoms with E-state index in [4.69, 9.17) is 19.9 Å². The number of aromatic nitrogens is 1. The normalized spacial score (nSPS) is 10.1. The molecule has 0 aliphatic heterocycles. The van der Waals surface area contributed by atoms with Gasteiger partial charge in [-0.25, -0.2) is 0 Å². The van der Waals surface area contributed by atoms with Crippen molar-refractivity contribution in [3.63, 3.8) is 0 Å². The molecule has 5 nitrogen and oxygen atoms in total. The molecule has 0 unspecified atom stereocenters. The number of rotatable bonds is 4. The summed E-state index contributed by atoms with van der Waals surface area (Å²) in [6.45, 7) is 0. The molecule has 0 saturated carbocycles. The summed E-state index contributed by atoms with van der Waals surface area (Å²) in [7, 11) is 4.73. The first-order valence-electron chi connectivity index (χ1n) is 5.71. The summed E-state index contributed by atoms with van der Waals surface area (Å²) < 4.78 is 16.0. The van der Waals surface area contributed by atoms with Crippen LogP contribution < -0.4 is 19.9 Å². The fourth-order valence-corrected chi connectivity index (χ4v) is 1.97. The van der Waals surface area contributed by atoms with Gasteiger partial charge in [-0.15, -0.1) is 0 Å². The van der Waals surface area contributed by atoms with E-state index in [1.165, 1.54) is 0 Å². The first kappa shape index (κ1) is 13.0. The van der Waals surface area contributed by atoms with E-state index in [1.54, 1.807) is 33.7 Å². The van der Waals surface area contributed by atoms with E-state index in [0.29, 0.717) is 22.9 Å². The third-order valence-corrected chi connectivity index (χ3v) is 2.85. The van der Waals surface area contributed by atoms with Crippen molar-refractivity contribution in [3.8, 4) is 28.4 Å². The van der Waals surface area contributed by atoms with E-state index in [2.05, 4.69) is 4.98 Å². The first-order chi connectivity index (χ1) is 9.22. The second-order valence-electron chi connectivity index (χ2n) is 3.84. The highest BCUT2D eigenvalue weighted by molar-refractivity contribution is 5.83. The summed E-state index contributed by atoms with van der Waals surface area (Å²) >= 11 is 0. The summed E-state index contributed by atoms with van der Waals surface area (Å²) in [6.07, 6.45) is 3.29. The van der Waals surface area contributed by atoms with Crippen molar-refractivity contribution in [1.29, 1.82) is 0 Å². The average molecular weight is 260 g/mol. The second-order valence-corrected chi connectivity index (χ2v) is 3.84. The van der Waals surface area contributed by atoms with Crippen LogP contribution in [0.1, 0.15) is 0 Å². The highest BCUT2D eigenvalue weighted by atomic mass is 16.5. The fraction of sp³-hybridized carbons (Fsp3) is 0.214. The number of benzene rings is 1. The standard InChI is InChI=1S/C14H16N2O3/c1-17-12-5-4-10(13(18-2)14(12)19-3)9-6-7-16-8-11(9)15/h4-8H,15H2,1-3H3. The van der Waals surface area contributed by atoms with Crippen LogP contribution in [0.25, 0.3) is 11.1 Å². The van der Waals surface area contributed by atoms with E-state index in [-0.39, 0.29) is 0 Å². The number of ether oxygens (including phenoxy) is 3. The van der Waals surface area contributed by atoms with Crippen molar-refractivity contribution < 1.29 is 14.2 Å². The molecule has 2 rings (SSSR count). The second kappa shape index (κ2) is 5.48. The van der Waals surface area contributed by atoms with Crippen molar-refractivity contribution in [1.82, 2.24) is 4.98 Å². The summed E-state index contributed by atoms with van der Waals surface area (Å²) in [5.41, 5.74) is 8.20. The van der Waals surface area contributed by atoms with Crippen molar-refractivity contribution in [2.45, 2.75) is 0 Å². The molecule has 5 heteroatoms. The molecule has 1 aromatic carbocycles. The van der Waals surface area contributed by atoms with Crippen LogP contribution >= 0.6 is 0 Å². The van der Waals surface area contributed by atoms with Gasteiger partial charge in [-0.2, -0.15) is 0 Å². The van der Waals surface area contributed by atoms with Crippen LogP contribution in [0.15, 0.2) is 30.6 Å². The van der Waals surface area contributed by atoms with Crippen LogP contribution in [0.3, 0.4) is 0 Å². The molecule has 1 heterocycles. The molecule has 0 bridgehead atoms. The molecule has 1 aromatic heterocycles. The number of anilines is 1. The lowest BCUT2D eigenvalue weighted by molar-refractivity contribution is 0.325. The third kappa shape index (κ3) is 2.27. The van der Waals surface area contributed by atoms with E-state index in [1.807, 2.05) is 18.2 Å². The number of methoxy groups -OCH3 is 3. The zero-order valence-electron chi connectivity index (χ0n) is 11.1. The van der Waals surface area contributed by atoms with Crippen LogP contribution in [0.5, 0.6) is 17.2 Å². The first-order valence-corrected chi connectivity index (χ1v) is 5.71. The van der Waals surface area contributed by atoms with Crippen LogP contribution in [-0.4, -0.2) is 26.3 Å². The quantitative estimate of drug-likeness (QED) is 0.914. The molecule has 0 fully saturated rings. The Labute approximate surface area is 111 Å². The average Bonchev–Trinajstić information content (AvgIpc) is 2.46. The lowest BCUT2D eigenvalue weighted by Gasteiger charge is -2.16. The number of hydrogen-bond acceptors (Lipinski definition) is 5. The Balaban J connectivity index is 2.68. The molecule has 0 aliphatic carbocycles. The van der Waals surface area contributed by atoms with Crippen molar-refractivity contribution in [3.05, 3.63) is 30.6 Å². The van der Waals surface area contributed by atoms with Crippen molar-refractivity contribution >= 4 is 5.69 Å². The van der Waals surface area contributed by atoms with Gasteiger partial charge in [-0.1, -0.05) is 0 Å².